The molecule has 1 rings (SSSR count). The maximum absolute atomic E-state index is 11.4. The van der Waals surface area contributed by atoms with Gasteiger partial charge in [-0.1, -0.05) is 24.3 Å². The van der Waals surface area contributed by atoms with Crippen molar-refractivity contribution < 1.29 is 14.3 Å². The lowest BCUT2D eigenvalue weighted by Gasteiger charge is -2.19. The fourth-order valence-electron chi connectivity index (χ4n) is 1.79. The van der Waals surface area contributed by atoms with E-state index in [4.69, 9.17) is 9.47 Å². The summed E-state index contributed by atoms with van der Waals surface area (Å²) in [5.74, 6) is 0.893. The van der Waals surface area contributed by atoms with E-state index in [2.05, 4.69) is 10.6 Å². The number of hydrogen-bond donors (Lipinski definition) is 2. The molecule has 0 unspecified atom stereocenters. The number of ether oxygens (including phenoxy) is 2. The van der Waals surface area contributed by atoms with E-state index in [9.17, 15) is 4.79 Å². The van der Waals surface area contributed by atoms with Crippen molar-refractivity contribution >= 4 is 6.09 Å². The van der Waals surface area contributed by atoms with Crippen LogP contribution in [0, 0.1) is 0 Å². The number of carbonyl (C=O) groups is 1. The van der Waals surface area contributed by atoms with Gasteiger partial charge in [-0.2, -0.15) is 0 Å². The monoisotopic (exact) mass is 320 g/mol. The minimum Gasteiger partial charge on any atom is -0.494 e. The van der Waals surface area contributed by atoms with Crippen LogP contribution in [0.15, 0.2) is 36.4 Å². The highest BCUT2D eigenvalue weighted by molar-refractivity contribution is 5.67. The number of benzene rings is 1. The first-order valence-corrected chi connectivity index (χ1v) is 7.95. The zero-order valence-corrected chi connectivity index (χ0v) is 14.5. The van der Waals surface area contributed by atoms with Gasteiger partial charge in [0, 0.05) is 19.6 Å². The largest absolute Gasteiger partial charge is 0.494 e. The average molecular weight is 320 g/mol. The van der Waals surface area contributed by atoms with Crippen molar-refractivity contribution in [3.8, 4) is 5.75 Å². The summed E-state index contributed by atoms with van der Waals surface area (Å²) >= 11 is 0. The Bertz CT molecular complexity index is 490. The Labute approximate surface area is 139 Å². The van der Waals surface area contributed by atoms with Gasteiger partial charge in [0.05, 0.1) is 6.61 Å². The fraction of sp³-hybridized carbons (Fsp3) is 0.500. The van der Waals surface area contributed by atoms with Crippen molar-refractivity contribution in [2.75, 3.05) is 19.7 Å². The molecule has 0 fully saturated rings. The van der Waals surface area contributed by atoms with Crippen molar-refractivity contribution in [3.05, 3.63) is 42.0 Å². The molecule has 5 heteroatoms. The van der Waals surface area contributed by atoms with E-state index in [0.29, 0.717) is 13.2 Å². The summed E-state index contributed by atoms with van der Waals surface area (Å²) < 4.78 is 10.5. The van der Waals surface area contributed by atoms with Crippen molar-refractivity contribution in [1.29, 1.82) is 0 Å². The predicted octanol–water partition coefficient (Wildman–Crippen LogP) is 3.26. The molecule has 128 valence electrons. The van der Waals surface area contributed by atoms with Gasteiger partial charge in [0.2, 0.25) is 0 Å². The second-order valence-electron chi connectivity index (χ2n) is 6.06. The van der Waals surface area contributed by atoms with E-state index >= 15 is 0 Å². The van der Waals surface area contributed by atoms with Crippen LogP contribution in [0.4, 0.5) is 4.79 Å². The van der Waals surface area contributed by atoms with Crippen LogP contribution in [0.2, 0.25) is 0 Å². The smallest absolute Gasteiger partial charge is 0.407 e. The van der Waals surface area contributed by atoms with Gasteiger partial charge in [-0.3, -0.25) is 0 Å². The van der Waals surface area contributed by atoms with Gasteiger partial charge in [0.15, 0.2) is 0 Å². The van der Waals surface area contributed by atoms with Gasteiger partial charge in [-0.25, -0.2) is 4.79 Å². The molecular formula is C18H28N2O3. The molecule has 1 aromatic carbocycles. The zero-order valence-electron chi connectivity index (χ0n) is 14.5. The first kappa shape index (κ1) is 19.0. The summed E-state index contributed by atoms with van der Waals surface area (Å²) in [4.78, 5) is 11.4. The van der Waals surface area contributed by atoms with Crippen molar-refractivity contribution in [1.82, 2.24) is 10.6 Å². The molecule has 0 atom stereocenters. The third-order valence-electron chi connectivity index (χ3n) is 2.76. The lowest BCUT2D eigenvalue weighted by molar-refractivity contribution is 0.0534. The molecule has 0 radical (unpaired) electrons. The summed E-state index contributed by atoms with van der Waals surface area (Å²) in [5, 5.41) is 5.98. The van der Waals surface area contributed by atoms with Crippen LogP contribution >= 0.6 is 0 Å². The van der Waals surface area contributed by atoms with Crippen LogP contribution in [0.5, 0.6) is 5.75 Å². The van der Waals surface area contributed by atoms with Crippen molar-refractivity contribution in [3.63, 3.8) is 0 Å². The molecule has 0 aliphatic carbocycles. The fourth-order valence-corrected chi connectivity index (χ4v) is 1.79. The summed E-state index contributed by atoms with van der Waals surface area (Å²) in [7, 11) is 0. The molecule has 0 aliphatic heterocycles. The quantitative estimate of drug-likeness (QED) is 0.570. The molecule has 5 nitrogen and oxygen atoms in total. The molecule has 2 N–H and O–H groups in total. The van der Waals surface area contributed by atoms with E-state index < -0.39 is 11.7 Å². The summed E-state index contributed by atoms with van der Waals surface area (Å²) in [6.45, 7) is 10.2. The highest BCUT2D eigenvalue weighted by atomic mass is 16.6. The zero-order chi connectivity index (χ0) is 17.1. The Kier molecular flexibility index (Phi) is 8.19. The van der Waals surface area contributed by atoms with Crippen LogP contribution in [0.1, 0.15) is 33.3 Å². The summed E-state index contributed by atoms with van der Waals surface area (Å²) in [6.07, 6.45) is 3.48. The standard InChI is InChI=1S/C18H28N2O3/c1-5-22-16-10-8-15(9-11-16)14-19-12-6-7-13-20-17(21)23-18(2,3)4/h6-11,19H,5,12-14H2,1-4H3,(H,20,21)/b7-6+. The minimum absolute atomic E-state index is 0.399. The van der Waals surface area contributed by atoms with Crippen molar-refractivity contribution in [2.24, 2.45) is 0 Å². The topological polar surface area (TPSA) is 59.6 Å². The van der Waals surface area contributed by atoms with E-state index in [-0.39, 0.29) is 0 Å². The molecule has 1 aromatic rings. The molecular weight excluding hydrogens is 292 g/mol. The average Bonchev–Trinajstić information content (AvgIpc) is 2.46. The van der Waals surface area contributed by atoms with Crippen LogP contribution in [-0.2, 0) is 11.3 Å². The Balaban J connectivity index is 2.13. The van der Waals surface area contributed by atoms with Gasteiger partial charge in [-0.05, 0) is 45.4 Å². The Hall–Kier alpha value is -2.01. The summed E-state index contributed by atoms with van der Waals surface area (Å²) in [5.41, 5.74) is 0.737. The third-order valence-corrected chi connectivity index (χ3v) is 2.76. The van der Waals surface area contributed by atoms with E-state index in [1.165, 1.54) is 5.56 Å². The number of alkyl carbamates (subject to hydrolysis) is 1. The SMILES string of the molecule is CCOc1ccc(CNC/C=C/CNC(=O)OC(C)(C)C)cc1. The second kappa shape index (κ2) is 9.90. The van der Waals surface area contributed by atoms with Crippen molar-refractivity contribution in [2.45, 2.75) is 39.8 Å². The third kappa shape index (κ3) is 9.58. The van der Waals surface area contributed by atoms with Crippen LogP contribution in [0.25, 0.3) is 0 Å². The molecule has 0 saturated carbocycles. The van der Waals surface area contributed by atoms with Gasteiger partial charge in [0.1, 0.15) is 11.4 Å². The molecule has 0 saturated heterocycles. The number of amides is 1. The first-order valence-electron chi connectivity index (χ1n) is 7.95. The van der Waals surface area contributed by atoms with Gasteiger partial charge < -0.3 is 20.1 Å². The van der Waals surface area contributed by atoms with E-state index in [1.807, 2.05) is 64.1 Å². The number of carbonyl (C=O) groups excluding carboxylic acids is 1. The molecule has 0 bridgehead atoms. The van der Waals surface area contributed by atoms with Gasteiger partial charge in [0.25, 0.3) is 0 Å². The highest BCUT2D eigenvalue weighted by Gasteiger charge is 2.14. The maximum atomic E-state index is 11.4. The van der Waals surface area contributed by atoms with Crippen LogP contribution < -0.4 is 15.4 Å². The minimum atomic E-state index is -0.465. The molecule has 0 spiro atoms. The van der Waals surface area contributed by atoms with Crippen LogP contribution in [-0.4, -0.2) is 31.4 Å². The Morgan fingerprint density at radius 3 is 2.39 bits per heavy atom. The molecule has 0 aromatic heterocycles. The lowest BCUT2D eigenvalue weighted by atomic mass is 10.2. The number of hydrogen-bond acceptors (Lipinski definition) is 4. The maximum Gasteiger partial charge on any atom is 0.407 e. The lowest BCUT2D eigenvalue weighted by Crippen LogP contribution is -2.32. The van der Waals surface area contributed by atoms with E-state index in [1.54, 1.807) is 0 Å². The van der Waals surface area contributed by atoms with E-state index in [0.717, 1.165) is 18.8 Å². The predicted molar refractivity (Wildman–Crippen MR) is 92.7 cm³/mol. The number of nitrogens with one attached hydrogen (secondary N) is 2. The van der Waals surface area contributed by atoms with Gasteiger partial charge >= 0.3 is 6.09 Å². The molecule has 23 heavy (non-hydrogen) atoms. The molecule has 1 amide bonds. The normalized spacial score (nSPS) is 11.5. The van der Waals surface area contributed by atoms with Crippen LogP contribution in [0.3, 0.4) is 0 Å². The van der Waals surface area contributed by atoms with Gasteiger partial charge in [-0.15, -0.1) is 0 Å². The molecule has 0 aliphatic rings. The Morgan fingerprint density at radius 2 is 1.78 bits per heavy atom. The second-order valence-corrected chi connectivity index (χ2v) is 6.06. The molecule has 0 heterocycles. The first-order chi connectivity index (χ1) is 10.9. The Morgan fingerprint density at radius 1 is 1.13 bits per heavy atom. The number of rotatable bonds is 8. The summed E-state index contributed by atoms with van der Waals surface area (Å²) in [6, 6.07) is 8.04. The highest BCUT2D eigenvalue weighted by Crippen LogP contribution is 2.11.